The molecule has 26 heavy (non-hydrogen) atoms. The molecule has 0 aliphatic carbocycles. The zero-order valence-electron chi connectivity index (χ0n) is 12.4. The van der Waals surface area contributed by atoms with Gasteiger partial charge in [-0.15, -0.1) is 0 Å². The number of alkyl halides is 3. The van der Waals surface area contributed by atoms with Gasteiger partial charge in [0.25, 0.3) is 0 Å². The Labute approximate surface area is 144 Å². The topological polar surface area (TPSA) is 46.9 Å². The first-order valence-electron chi connectivity index (χ1n) is 6.47. The van der Waals surface area contributed by atoms with E-state index in [9.17, 15) is 39.9 Å². The van der Waals surface area contributed by atoms with Crippen molar-refractivity contribution >= 4 is 23.2 Å². The fourth-order valence-corrected chi connectivity index (χ4v) is 2.13. The summed E-state index contributed by atoms with van der Waals surface area (Å²) in [5.74, 6) is -13.0. The van der Waals surface area contributed by atoms with E-state index in [-0.39, 0.29) is 5.69 Å². The molecule has 1 heterocycles. The quantitative estimate of drug-likeness (QED) is 0.471. The van der Waals surface area contributed by atoms with Crippen LogP contribution in [0.1, 0.15) is 11.4 Å². The fraction of sp³-hybridized carbons (Fsp3) is 0.231. The van der Waals surface area contributed by atoms with Gasteiger partial charge in [-0.05, 0) is 6.92 Å². The molecule has 2 aromatic rings. The molecule has 0 spiro atoms. The molecule has 4 nitrogen and oxygen atoms in total. The Morgan fingerprint density at radius 3 is 1.92 bits per heavy atom. The summed E-state index contributed by atoms with van der Waals surface area (Å²) in [5.41, 5.74) is -3.44. The highest BCUT2D eigenvalue weighted by atomic mass is 35.5. The van der Waals surface area contributed by atoms with Crippen molar-refractivity contribution in [2.24, 2.45) is 0 Å². The second-order valence-electron chi connectivity index (χ2n) is 4.90. The minimum Gasteiger partial charge on any atom is -0.319 e. The van der Waals surface area contributed by atoms with Crippen molar-refractivity contribution in [1.29, 1.82) is 0 Å². The van der Waals surface area contributed by atoms with Crippen LogP contribution in [0.5, 0.6) is 0 Å². The van der Waals surface area contributed by atoms with Gasteiger partial charge >= 0.3 is 6.18 Å². The van der Waals surface area contributed by atoms with E-state index in [0.717, 1.165) is 6.92 Å². The summed E-state index contributed by atoms with van der Waals surface area (Å²) in [6, 6.07) is 0. The molecule has 0 aliphatic heterocycles. The summed E-state index contributed by atoms with van der Waals surface area (Å²) in [6.07, 6.45) is -4.93. The molecule has 1 aromatic heterocycles. The summed E-state index contributed by atoms with van der Waals surface area (Å²) < 4.78 is 104. The SMILES string of the molecule is Cc1c(Cl)c(C(F)(F)F)nn1CC(=O)Nc1c(F)c(F)c(F)c(F)c1F. The monoisotopic (exact) mass is 407 g/mol. The third kappa shape index (κ3) is 3.45. The van der Waals surface area contributed by atoms with Gasteiger partial charge in [0.05, 0.1) is 10.7 Å². The zero-order valence-corrected chi connectivity index (χ0v) is 13.2. The summed E-state index contributed by atoms with van der Waals surface area (Å²) in [4.78, 5) is 11.7. The van der Waals surface area contributed by atoms with Crippen LogP contribution >= 0.6 is 11.6 Å². The second kappa shape index (κ2) is 6.74. The van der Waals surface area contributed by atoms with Crippen LogP contribution in [-0.4, -0.2) is 15.7 Å². The first-order valence-corrected chi connectivity index (χ1v) is 6.85. The number of halogens is 9. The van der Waals surface area contributed by atoms with Crippen molar-refractivity contribution in [2.45, 2.75) is 19.6 Å². The van der Waals surface area contributed by atoms with Crippen LogP contribution in [0.4, 0.5) is 40.8 Å². The van der Waals surface area contributed by atoms with E-state index in [2.05, 4.69) is 5.10 Å². The molecule has 2 rings (SSSR count). The molecule has 1 amide bonds. The summed E-state index contributed by atoms with van der Waals surface area (Å²) in [7, 11) is 0. The molecular formula is C13H6ClF8N3O. The predicted molar refractivity (Wildman–Crippen MR) is 71.8 cm³/mol. The molecule has 0 atom stereocenters. The smallest absolute Gasteiger partial charge is 0.319 e. The number of aromatic nitrogens is 2. The largest absolute Gasteiger partial charge is 0.436 e. The second-order valence-corrected chi connectivity index (χ2v) is 5.27. The van der Waals surface area contributed by atoms with E-state index in [1.807, 2.05) is 0 Å². The molecule has 0 saturated heterocycles. The first-order chi connectivity index (χ1) is 11.9. The number of hydrogen-bond acceptors (Lipinski definition) is 2. The Kier molecular flexibility index (Phi) is 5.17. The van der Waals surface area contributed by atoms with Crippen LogP contribution in [-0.2, 0) is 17.5 Å². The van der Waals surface area contributed by atoms with Gasteiger partial charge in [-0.1, -0.05) is 11.6 Å². The fourth-order valence-electron chi connectivity index (χ4n) is 1.89. The number of carbonyl (C=O) groups excluding carboxylic acids is 1. The molecule has 142 valence electrons. The minimum absolute atomic E-state index is 0.299. The highest BCUT2D eigenvalue weighted by Crippen LogP contribution is 2.35. The number of anilines is 1. The molecule has 0 fully saturated rings. The van der Waals surface area contributed by atoms with E-state index in [0.29, 0.717) is 4.68 Å². The van der Waals surface area contributed by atoms with Crippen LogP contribution in [0.15, 0.2) is 0 Å². The highest BCUT2D eigenvalue weighted by Gasteiger charge is 2.38. The van der Waals surface area contributed by atoms with Crippen molar-refractivity contribution in [3.05, 3.63) is 45.5 Å². The molecule has 0 radical (unpaired) electrons. The van der Waals surface area contributed by atoms with Gasteiger partial charge in [-0.3, -0.25) is 9.48 Å². The predicted octanol–water partition coefficient (Wildman–Crippen LogP) is 4.20. The number of rotatable bonds is 3. The zero-order chi connectivity index (χ0) is 20.0. The Balaban J connectivity index is 2.32. The highest BCUT2D eigenvalue weighted by molar-refractivity contribution is 6.32. The van der Waals surface area contributed by atoms with E-state index in [1.165, 1.54) is 5.32 Å². The van der Waals surface area contributed by atoms with Crippen LogP contribution in [0.25, 0.3) is 0 Å². The molecular weight excluding hydrogens is 402 g/mol. The lowest BCUT2D eigenvalue weighted by Gasteiger charge is -2.10. The van der Waals surface area contributed by atoms with Crippen LogP contribution in [0.2, 0.25) is 5.02 Å². The van der Waals surface area contributed by atoms with Crippen molar-refractivity contribution < 1.29 is 39.9 Å². The van der Waals surface area contributed by atoms with Crippen molar-refractivity contribution in [3.63, 3.8) is 0 Å². The molecule has 0 aliphatic rings. The molecule has 1 aromatic carbocycles. The third-order valence-electron chi connectivity index (χ3n) is 3.17. The number of hydrogen-bond donors (Lipinski definition) is 1. The third-order valence-corrected chi connectivity index (χ3v) is 3.62. The standard InChI is InChI=1S/C13H6ClF8N3O/c1-3-5(14)12(13(20,21)22)24-25(3)2-4(26)23-11-9(18)7(16)6(15)8(17)10(11)19/h2H2,1H3,(H,23,26). The van der Waals surface area contributed by atoms with Crippen LogP contribution in [0, 0.1) is 36.0 Å². The van der Waals surface area contributed by atoms with E-state index < -0.39 is 64.1 Å². The maximum absolute atomic E-state index is 13.5. The Hall–Kier alpha value is -2.37. The first kappa shape index (κ1) is 19.9. The van der Waals surface area contributed by atoms with Crippen LogP contribution in [0.3, 0.4) is 0 Å². The number of benzene rings is 1. The van der Waals surface area contributed by atoms with Crippen molar-refractivity contribution in [2.75, 3.05) is 5.32 Å². The van der Waals surface area contributed by atoms with E-state index in [1.54, 1.807) is 0 Å². The van der Waals surface area contributed by atoms with Gasteiger partial charge < -0.3 is 5.32 Å². The average molecular weight is 408 g/mol. The lowest BCUT2D eigenvalue weighted by molar-refractivity contribution is -0.141. The Morgan fingerprint density at radius 1 is 1.04 bits per heavy atom. The lowest BCUT2D eigenvalue weighted by atomic mass is 10.2. The number of nitrogens with one attached hydrogen (secondary N) is 1. The molecule has 0 bridgehead atoms. The van der Waals surface area contributed by atoms with Crippen molar-refractivity contribution in [1.82, 2.24) is 9.78 Å². The van der Waals surface area contributed by atoms with Crippen molar-refractivity contribution in [3.8, 4) is 0 Å². The lowest BCUT2D eigenvalue weighted by Crippen LogP contribution is -2.23. The number of nitrogens with zero attached hydrogens (tertiary/aromatic N) is 2. The normalized spacial score (nSPS) is 11.8. The summed E-state index contributed by atoms with van der Waals surface area (Å²) in [6.45, 7) is 0.0530. The molecule has 0 unspecified atom stereocenters. The Morgan fingerprint density at radius 2 is 1.50 bits per heavy atom. The number of carbonyl (C=O) groups is 1. The molecule has 0 saturated carbocycles. The Bertz CT molecular complexity index is 864. The van der Waals surface area contributed by atoms with Crippen LogP contribution < -0.4 is 5.32 Å². The van der Waals surface area contributed by atoms with E-state index >= 15 is 0 Å². The van der Waals surface area contributed by atoms with Gasteiger partial charge in [0.15, 0.2) is 29.0 Å². The van der Waals surface area contributed by atoms with Gasteiger partial charge in [-0.2, -0.15) is 18.3 Å². The maximum atomic E-state index is 13.5. The van der Waals surface area contributed by atoms with Gasteiger partial charge in [0, 0.05) is 0 Å². The summed E-state index contributed by atoms with van der Waals surface area (Å²) >= 11 is 5.46. The summed E-state index contributed by atoms with van der Waals surface area (Å²) in [5, 5.41) is 3.67. The molecule has 13 heteroatoms. The maximum Gasteiger partial charge on any atom is 0.436 e. The number of amides is 1. The molecule has 1 N–H and O–H groups in total. The minimum atomic E-state index is -4.93. The average Bonchev–Trinajstić information content (AvgIpc) is 2.83. The van der Waals surface area contributed by atoms with E-state index in [4.69, 9.17) is 11.6 Å². The van der Waals surface area contributed by atoms with Gasteiger partial charge in [-0.25, -0.2) is 22.0 Å². The van der Waals surface area contributed by atoms with Gasteiger partial charge in [0.1, 0.15) is 12.2 Å². The van der Waals surface area contributed by atoms with Gasteiger partial charge in [0.2, 0.25) is 11.7 Å².